The minimum absolute atomic E-state index is 0.0827. The summed E-state index contributed by atoms with van der Waals surface area (Å²) in [5.74, 6) is 1.61. The van der Waals surface area contributed by atoms with Gasteiger partial charge in [0, 0.05) is 56.2 Å². The van der Waals surface area contributed by atoms with Crippen molar-refractivity contribution in [3.05, 3.63) is 46.0 Å². The lowest BCUT2D eigenvalue weighted by atomic mass is 9.88. The molecule has 1 N–H and O–H groups in total. The molecular weight excluding hydrogens is 362 g/mol. The van der Waals surface area contributed by atoms with E-state index < -0.39 is 0 Å². The number of fused-ring (bicyclic) bond motifs is 1. The zero-order valence-corrected chi connectivity index (χ0v) is 17.4. The SMILES string of the molecule is O=c1c2c([nH]n1-c1ccccn1)CCC(N1CCN(CC3CCCCC3)CC1)C2. The Hall–Kier alpha value is -1.92. The van der Waals surface area contributed by atoms with Gasteiger partial charge in [-0.15, -0.1) is 0 Å². The molecule has 3 aliphatic rings. The van der Waals surface area contributed by atoms with E-state index >= 15 is 0 Å². The highest BCUT2D eigenvalue weighted by Gasteiger charge is 2.31. The topological polar surface area (TPSA) is 57.2 Å². The molecule has 0 bridgehead atoms. The van der Waals surface area contributed by atoms with Crippen molar-refractivity contribution in [3.8, 4) is 5.82 Å². The van der Waals surface area contributed by atoms with Gasteiger partial charge in [-0.05, 0) is 50.2 Å². The molecule has 1 saturated heterocycles. The summed E-state index contributed by atoms with van der Waals surface area (Å²) >= 11 is 0. The van der Waals surface area contributed by atoms with Crippen LogP contribution in [0.15, 0.2) is 29.2 Å². The highest BCUT2D eigenvalue weighted by Crippen LogP contribution is 2.26. The molecule has 29 heavy (non-hydrogen) atoms. The second kappa shape index (κ2) is 8.44. The van der Waals surface area contributed by atoms with E-state index in [1.54, 1.807) is 10.9 Å². The van der Waals surface area contributed by atoms with Crippen LogP contribution in [0.4, 0.5) is 0 Å². The van der Waals surface area contributed by atoms with Gasteiger partial charge in [-0.2, -0.15) is 0 Å². The largest absolute Gasteiger partial charge is 0.301 e. The molecule has 5 rings (SSSR count). The van der Waals surface area contributed by atoms with Gasteiger partial charge in [0.1, 0.15) is 0 Å². The van der Waals surface area contributed by atoms with Crippen LogP contribution >= 0.6 is 0 Å². The van der Waals surface area contributed by atoms with Gasteiger partial charge >= 0.3 is 0 Å². The fraction of sp³-hybridized carbons (Fsp3) is 0.652. The molecule has 3 heterocycles. The summed E-state index contributed by atoms with van der Waals surface area (Å²) in [6.07, 6.45) is 11.9. The molecule has 1 unspecified atom stereocenters. The Balaban J connectivity index is 1.21. The van der Waals surface area contributed by atoms with Crippen molar-refractivity contribution >= 4 is 0 Å². The molecule has 1 aliphatic heterocycles. The lowest BCUT2D eigenvalue weighted by molar-refractivity contribution is 0.0756. The van der Waals surface area contributed by atoms with Crippen LogP contribution in [0.3, 0.4) is 0 Å². The molecule has 0 spiro atoms. The smallest absolute Gasteiger partial charge is 0.276 e. The van der Waals surface area contributed by atoms with Gasteiger partial charge in [-0.25, -0.2) is 9.67 Å². The Morgan fingerprint density at radius 2 is 1.86 bits per heavy atom. The Bertz CT molecular complexity index is 859. The zero-order chi connectivity index (χ0) is 19.6. The van der Waals surface area contributed by atoms with E-state index in [1.807, 2.05) is 18.2 Å². The monoisotopic (exact) mass is 395 g/mol. The number of aryl methyl sites for hydroxylation is 1. The molecule has 6 nitrogen and oxygen atoms in total. The summed E-state index contributed by atoms with van der Waals surface area (Å²) < 4.78 is 1.62. The summed E-state index contributed by atoms with van der Waals surface area (Å²) in [6, 6.07) is 6.18. The van der Waals surface area contributed by atoms with E-state index in [4.69, 9.17) is 0 Å². The number of nitrogens with zero attached hydrogens (tertiary/aromatic N) is 4. The summed E-state index contributed by atoms with van der Waals surface area (Å²) in [5.41, 5.74) is 2.16. The molecule has 1 atom stereocenters. The Labute approximate surface area is 172 Å². The van der Waals surface area contributed by atoms with Crippen molar-refractivity contribution in [2.24, 2.45) is 5.92 Å². The maximum atomic E-state index is 13.0. The fourth-order valence-electron chi connectivity index (χ4n) is 5.59. The van der Waals surface area contributed by atoms with Crippen LogP contribution in [-0.4, -0.2) is 63.3 Å². The third-order valence-electron chi connectivity index (χ3n) is 7.28. The molecular formula is C23H33N5O. The molecule has 1 saturated carbocycles. The second-order valence-electron chi connectivity index (χ2n) is 9.13. The summed E-state index contributed by atoms with van der Waals surface area (Å²) in [5, 5.41) is 3.31. The lowest BCUT2D eigenvalue weighted by Gasteiger charge is -2.41. The highest BCUT2D eigenvalue weighted by molar-refractivity contribution is 5.28. The first-order valence-electron chi connectivity index (χ1n) is 11.5. The number of hydrogen-bond donors (Lipinski definition) is 1. The van der Waals surface area contributed by atoms with Crippen molar-refractivity contribution in [1.29, 1.82) is 0 Å². The minimum Gasteiger partial charge on any atom is -0.301 e. The van der Waals surface area contributed by atoms with Gasteiger partial charge in [0.15, 0.2) is 5.82 Å². The quantitative estimate of drug-likeness (QED) is 0.865. The normalized spacial score (nSPS) is 24.5. The van der Waals surface area contributed by atoms with Crippen LogP contribution in [0.1, 0.15) is 49.8 Å². The molecule has 2 aromatic rings. The number of nitrogens with one attached hydrogen (secondary N) is 1. The molecule has 2 aliphatic carbocycles. The number of aromatic nitrogens is 3. The predicted molar refractivity (Wildman–Crippen MR) is 115 cm³/mol. The number of H-pyrrole nitrogens is 1. The molecule has 2 aromatic heterocycles. The van der Waals surface area contributed by atoms with Crippen LogP contribution in [0.25, 0.3) is 5.82 Å². The third kappa shape index (κ3) is 4.05. The number of hydrogen-bond acceptors (Lipinski definition) is 4. The van der Waals surface area contributed by atoms with Gasteiger partial charge in [0.2, 0.25) is 0 Å². The van der Waals surface area contributed by atoms with Crippen molar-refractivity contribution < 1.29 is 0 Å². The van der Waals surface area contributed by atoms with Crippen LogP contribution in [0.5, 0.6) is 0 Å². The predicted octanol–water partition coefficient (Wildman–Crippen LogP) is 2.62. The van der Waals surface area contributed by atoms with E-state index in [1.165, 1.54) is 51.7 Å². The minimum atomic E-state index is 0.0827. The maximum absolute atomic E-state index is 13.0. The van der Waals surface area contributed by atoms with E-state index in [0.29, 0.717) is 11.9 Å². The first kappa shape index (κ1) is 19.1. The molecule has 0 amide bonds. The molecule has 0 aromatic carbocycles. The summed E-state index contributed by atoms with van der Waals surface area (Å²) in [4.78, 5) is 22.6. The van der Waals surface area contributed by atoms with Crippen molar-refractivity contribution in [3.63, 3.8) is 0 Å². The standard InChI is InChI=1S/C23H33N5O/c29-23-20-16-19(9-10-21(20)25-28(23)22-8-4-5-11-24-22)27-14-12-26(13-15-27)17-18-6-2-1-3-7-18/h4-5,8,11,18-19,25H,1-3,6-7,9-10,12-17H2. The second-order valence-corrected chi connectivity index (χ2v) is 9.13. The van der Waals surface area contributed by atoms with Crippen LogP contribution in [-0.2, 0) is 12.8 Å². The van der Waals surface area contributed by atoms with Gasteiger partial charge in [-0.1, -0.05) is 25.3 Å². The van der Waals surface area contributed by atoms with Gasteiger partial charge in [-0.3, -0.25) is 14.8 Å². The zero-order valence-electron chi connectivity index (χ0n) is 17.4. The van der Waals surface area contributed by atoms with Crippen LogP contribution < -0.4 is 5.56 Å². The van der Waals surface area contributed by atoms with E-state index in [0.717, 1.165) is 49.5 Å². The van der Waals surface area contributed by atoms with Crippen LogP contribution in [0, 0.1) is 5.92 Å². The number of piperazine rings is 1. The van der Waals surface area contributed by atoms with Gasteiger partial charge in [0.05, 0.1) is 0 Å². The van der Waals surface area contributed by atoms with Gasteiger partial charge in [0.25, 0.3) is 5.56 Å². The fourth-order valence-corrected chi connectivity index (χ4v) is 5.59. The Morgan fingerprint density at radius 1 is 1.03 bits per heavy atom. The van der Waals surface area contributed by atoms with Gasteiger partial charge < -0.3 is 4.90 Å². The van der Waals surface area contributed by atoms with Crippen molar-refractivity contribution in [2.75, 3.05) is 32.7 Å². The lowest BCUT2D eigenvalue weighted by Crippen LogP contribution is -2.52. The molecule has 156 valence electrons. The highest BCUT2D eigenvalue weighted by atomic mass is 16.1. The Morgan fingerprint density at radius 3 is 2.62 bits per heavy atom. The number of aromatic amines is 1. The molecule has 0 radical (unpaired) electrons. The number of rotatable bonds is 4. The third-order valence-corrected chi connectivity index (χ3v) is 7.28. The Kier molecular flexibility index (Phi) is 5.55. The molecule has 2 fully saturated rings. The average molecular weight is 396 g/mol. The van der Waals surface area contributed by atoms with Crippen molar-refractivity contribution in [1.82, 2.24) is 24.6 Å². The summed E-state index contributed by atoms with van der Waals surface area (Å²) in [6.45, 7) is 5.96. The van der Waals surface area contributed by atoms with E-state index in [9.17, 15) is 4.79 Å². The first-order valence-corrected chi connectivity index (χ1v) is 11.5. The summed E-state index contributed by atoms with van der Waals surface area (Å²) in [7, 11) is 0. The molecule has 6 heteroatoms. The van der Waals surface area contributed by atoms with Crippen LogP contribution in [0.2, 0.25) is 0 Å². The van der Waals surface area contributed by atoms with E-state index in [-0.39, 0.29) is 5.56 Å². The first-order chi connectivity index (χ1) is 14.3. The maximum Gasteiger partial charge on any atom is 0.276 e. The average Bonchev–Trinajstić information content (AvgIpc) is 3.12. The van der Waals surface area contributed by atoms with E-state index in [2.05, 4.69) is 19.9 Å². The number of pyridine rings is 1. The van der Waals surface area contributed by atoms with Crippen molar-refractivity contribution in [2.45, 2.75) is 57.4 Å².